The Morgan fingerprint density at radius 1 is 1.16 bits per heavy atom. The van der Waals surface area contributed by atoms with Crippen molar-refractivity contribution in [2.24, 2.45) is 0 Å². The molecule has 0 bridgehead atoms. The van der Waals surface area contributed by atoms with Crippen molar-refractivity contribution >= 4 is 10.9 Å². The molecular formula is C16H22N2O. The molecule has 0 spiro atoms. The molecule has 2 aromatic rings. The predicted octanol–water partition coefficient (Wildman–Crippen LogP) is 3.52. The Hall–Kier alpha value is -1.61. The van der Waals surface area contributed by atoms with E-state index in [1.807, 2.05) is 18.2 Å². The lowest BCUT2D eigenvalue weighted by atomic mass is 10.2. The molecule has 0 radical (unpaired) electrons. The highest BCUT2D eigenvalue weighted by Crippen LogP contribution is 2.25. The highest BCUT2D eigenvalue weighted by Gasteiger charge is 2.06. The van der Waals surface area contributed by atoms with Gasteiger partial charge < -0.3 is 10.1 Å². The summed E-state index contributed by atoms with van der Waals surface area (Å²) in [6.45, 7) is 6.83. The van der Waals surface area contributed by atoms with E-state index in [4.69, 9.17) is 4.74 Å². The standard InChI is InChI=1S/C16H22N2O/c1-3-9-17-12-13-11-16(19-10-4-2)14-7-5-6-8-15(14)18-13/h5-8,11,17H,3-4,9-10,12H2,1-2H3. The molecule has 1 aromatic heterocycles. The van der Waals surface area contributed by atoms with E-state index >= 15 is 0 Å². The van der Waals surface area contributed by atoms with Gasteiger partial charge >= 0.3 is 0 Å². The van der Waals surface area contributed by atoms with Crippen LogP contribution >= 0.6 is 0 Å². The van der Waals surface area contributed by atoms with E-state index in [9.17, 15) is 0 Å². The van der Waals surface area contributed by atoms with E-state index in [1.54, 1.807) is 0 Å². The first-order valence-corrected chi connectivity index (χ1v) is 7.07. The second-order valence-electron chi connectivity index (χ2n) is 4.65. The van der Waals surface area contributed by atoms with Crippen molar-refractivity contribution in [3.8, 4) is 5.75 Å². The van der Waals surface area contributed by atoms with E-state index in [-0.39, 0.29) is 0 Å². The molecule has 0 aliphatic heterocycles. The summed E-state index contributed by atoms with van der Waals surface area (Å²) < 4.78 is 5.85. The maximum atomic E-state index is 5.85. The van der Waals surface area contributed by atoms with Gasteiger partial charge in [0, 0.05) is 18.0 Å². The van der Waals surface area contributed by atoms with Crippen LogP contribution in [0.2, 0.25) is 0 Å². The van der Waals surface area contributed by atoms with E-state index in [0.29, 0.717) is 0 Å². The highest BCUT2D eigenvalue weighted by molar-refractivity contribution is 5.85. The molecular weight excluding hydrogens is 236 g/mol. The molecule has 0 atom stereocenters. The first-order valence-electron chi connectivity index (χ1n) is 7.07. The van der Waals surface area contributed by atoms with Crippen LogP contribution in [0.5, 0.6) is 5.75 Å². The maximum Gasteiger partial charge on any atom is 0.130 e. The summed E-state index contributed by atoms with van der Waals surface area (Å²) in [4.78, 5) is 4.67. The van der Waals surface area contributed by atoms with Crippen molar-refractivity contribution in [1.29, 1.82) is 0 Å². The van der Waals surface area contributed by atoms with E-state index in [0.717, 1.165) is 54.9 Å². The number of hydrogen-bond acceptors (Lipinski definition) is 3. The van der Waals surface area contributed by atoms with Crippen molar-refractivity contribution in [3.63, 3.8) is 0 Å². The Kier molecular flexibility index (Phi) is 5.16. The third-order valence-electron chi connectivity index (χ3n) is 2.93. The van der Waals surface area contributed by atoms with Crippen molar-refractivity contribution in [2.45, 2.75) is 33.2 Å². The van der Waals surface area contributed by atoms with E-state index in [1.165, 1.54) is 0 Å². The van der Waals surface area contributed by atoms with Crippen molar-refractivity contribution < 1.29 is 4.74 Å². The lowest BCUT2D eigenvalue weighted by molar-refractivity contribution is 0.320. The van der Waals surface area contributed by atoms with Crippen LogP contribution in [0.15, 0.2) is 30.3 Å². The van der Waals surface area contributed by atoms with Gasteiger partial charge in [-0.2, -0.15) is 0 Å². The Balaban J connectivity index is 2.27. The Morgan fingerprint density at radius 2 is 2.00 bits per heavy atom. The number of fused-ring (bicyclic) bond motifs is 1. The SMILES string of the molecule is CCCNCc1cc(OCCC)c2ccccc2n1. The zero-order valence-corrected chi connectivity index (χ0v) is 11.8. The van der Waals surface area contributed by atoms with Crippen LogP contribution in [0.25, 0.3) is 10.9 Å². The Morgan fingerprint density at radius 3 is 2.79 bits per heavy atom. The normalized spacial score (nSPS) is 10.8. The fourth-order valence-electron chi connectivity index (χ4n) is 2.01. The van der Waals surface area contributed by atoms with Crippen LogP contribution in [0.4, 0.5) is 0 Å². The molecule has 0 amide bonds. The van der Waals surface area contributed by atoms with Gasteiger partial charge in [-0.1, -0.05) is 26.0 Å². The van der Waals surface area contributed by atoms with E-state index < -0.39 is 0 Å². The average Bonchev–Trinajstić information content (AvgIpc) is 2.45. The molecule has 1 aromatic carbocycles. The van der Waals surface area contributed by atoms with Crippen molar-refractivity contribution in [1.82, 2.24) is 10.3 Å². The highest BCUT2D eigenvalue weighted by atomic mass is 16.5. The first-order chi connectivity index (χ1) is 9.35. The molecule has 3 heteroatoms. The van der Waals surface area contributed by atoms with Gasteiger partial charge in [-0.25, -0.2) is 0 Å². The van der Waals surface area contributed by atoms with Crippen LogP contribution in [-0.2, 0) is 6.54 Å². The van der Waals surface area contributed by atoms with Crippen molar-refractivity contribution in [2.75, 3.05) is 13.2 Å². The summed E-state index contributed by atoms with van der Waals surface area (Å²) in [5, 5.41) is 4.47. The lowest BCUT2D eigenvalue weighted by Crippen LogP contribution is -2.15. The maximum absolute atomic E-state index is 5.85. The zero-order valence-electron chi connectivity index (χ0n) is 11.8. The second-order valence-corrected chi connectivity index (χ2v) is 4.65. The van der Waals surface area contributed by atoms with Crippen molar-refractivity contribution in [3.05, 3.63) is 36.0 Å². The molecule has 0 fully saturated rings. The third-order valence-corrected chi connectivity index (χ3v) is 2.93. The number of rotatable bonds is 7. The molecule has 0 aliphatic rings. The van der Waals surface area contributed by atoms with Gasteiger partial charge in [0.25, 0.3) is 0 Å². The average molecular weight is 258 g/mol. The van der Waals surface area contributed by atoms with Crippen LogP contribution in [-0.4, -0.2) is 18.1 Å². The summed E-state index contributed by atoms with van der Waals surface area (Å²) in [6, 6.07) is 10.2. The fraction of sp³-hybridized carbons (Fsp3) is 0.438. The minimum Gasteiger partial charge on any atom is -0.493 e. The molecule has 0 aliphatic carbocycles. The number of para-hydroxylation sites is 1. The molecule has 19 heavy (non-hydrogen) atoms. The number of pyridine rings is 1. The van der Waals surface area contributed by atoms with Gasteiger partial charge in [-0.15, -0.1) is 0 Å². The number of nitrogens with one attached hydrogen (secondary N) is 1. The lowest BCUT2D eigenvalue weighted by Gasteiger charge is -2.11. The van der Waals surface area contributed by atoms with Gasteiger partial charge in [-0.05, 0) is 31.5 Å². The molecule has 1 heterocycles. The van der Waals surface area contributed by atoms with Gasteiger partial charge in [0.15, 0.2) is 0 Å². The first kappa shape index (κ1) is 13.8. The smallest absolute Gasteiger partial charge is 0.130 e. The Labute approximate surface area is 115 Å². The monoisotopic (exact) mass is 258 g/mol. The fourth-order valence-corrected chi connectivity index (χ4v) is 2.01. The quantitative estimate of drug-likeness (QED) is 0.771. The number of aromatic nitrogens is 1. The van der Waals surface area contributed by atoms with Gasteiger partial charge in [0.05, 0.1) is 17.8 Å². The molecule has 1 N–H and O–H groups in total. The molecule has 3 nitrogen and oxygen atoms in total. The molecule has 102 valence electrons. The number of benzene rings is 1. The van der Waals surface area contributed by atoms with Crippen LogP contribution in [0, 0.1) is 0 Å². The molecule has 2 rings (SSSR count). The van der Waals surface area contributed by atoms with Crippen LogP contribution < -0.4 is 10.1 Å². The number of nitrogens with zero attached hydrogens (tertiary/aromatic N) is 1. The summed E-state index contributed by atoms with van der Waals surface area (Å²) in [6.07, 6.45) is 2.15. The van der Waals surface area contributed by atoms with Gasteiger partial charge in [-0.3, -0.25) is 4.98 Å². The number of hydrogen-bond donors (Lipinski definition) is 1. The third kappa shape index (κ3) is 3.67. The summed E-state index contributed by atoms with van der Waals surface area (Å²) in [5.41, 5.74) is 2.04. The Bertz CT molecular complexity index is 525. The molecule has 0 unspecified atom stereocenters. The molecule has 0 saturated carbocycles. The number of ether oxygens (including phenoxy) is 1. The van der Waals surface area contributed by atoms with Gasteiger partial charge in [0.1, 0.15) is 5.75 Å². The summed E-state index contributed by atoms with van der Waals surface area (Å²) >= 11 is 0. The summed E-state index contributed by atoms with van der Waals surface area (Å²) in [7, 11) is 0. The van der Waals surface area contributed by atoms with Gasteiger partial charge in [0.2, 0.25) is 0 Å². The minimum absolute atomic E-state index is 0.746. The van der Waals surface area contributed by atoms with E-state index in [2.05, 4.69) is 36.3 Å². The van der Waals surface area contributed by atoms with Crippen LogP contribution in [0.1, 0.15) is 32.4 Å². The summed E-state index contributed by atoms with van der Waals surface area (Å²) in [5.74, 6) is 0.945. The minimum atomic E-state index is 0.746. The van der Waals surface area contributed by atoms with Crippen LogP contribution in [0.3, 0.4) is 0 Å². The zero-order chi connectivity index (χ0) is 13.5. The topological polar surface area (TPSA) is 34.1 Å². The second kappa shape index (κ2) is 7.10. The largest absolute Gasteiger partial charge is 0.493 e. The predicted molar refractivity (Wildman–Crippen MR) is 79.5 cm³/mol. The molecule has 0 saturated heterocycles.